The van der Waals surface area contributed by atoms with Crippen LogP contribution in [0.5, 0.6) is 0 Å². The third-order valence-electron chi connectivity index (χ3n) is 2.90. The Bertz CT molecular complexity index is 719. The topological polar surface area (TPSA) is 84.3 Å². The van der Waals surface area contributed by atoms with Gasteiger partial charge < -0.3 is 10.6 Å². The molecular weight excluding hydrogens is 289 g/mol. The van der Waals surface area contributed by atoms with Gasteiger partial charge in [0.25, 0.3) is 5.69 Å². The molecule has 0 aliphatic rings. The molecule has 2 aromatic rings. The number of carbonyl (C=O) groups excluding carboxylic acids is 1. The smallest absolute Gasteiger partial charge is 0.293 e. The predicted molar refractivity (Wildman–Crippen MR) is 81.4 cm³/mol. The number of nitrogens with one attached hydrogen (secondary N) is 2. The first-order valence-electron chi connectivity index (χ1n) is 6.50. The van der Waals surface area contributed by atoms with Gasteiger partial charge in [0.15, 0.2) is 0 Å². The molecule has 114 valence electrons. The van der Waals surface area contributed by atoms with E-state index in [0.717, 1.165) is 5.56 Å². The second kappa shape index (κ2) is 6.66. The van der Waals surface area contributed by atoms with E-state index in [2.05, 4.69) is 10.6 Å². The highest BCUT2D eigenvalue weighted by atomic mass is 19.1. The highest BCUT2D eigenvalue weighted by molar-refractivity contribution is 5.95. The van der Waals surface area contributed by atoms with Gasteiger partial charge in [0.2, 0.25) is 5.91 Å². The Labute approximate surface area is 126 Å². The molecule has 2 N–H and O–H groups in total. The summed E-state index contributed by atoms with van der Waals surface area (Å²) in [6.45, 7) is 1.60. The Morgan fingerprint density at radius 2 is 2.05 bits per heavy atom. The molecule has 0 aromatic heterocycles. The van der Waals surface area contributed by atoms with Crippen molar-refractivity contribution >= 4 is 23.0 Å². The number of aryl methyl sites for hydroxylation is 1. The Kier molecular flexibility index (Phi) is 4.67. The Balaban J connectivity index is 2.02. The molecule has 0 aliphatic heterocycles. The van der Waals surface area contributed by atoms with Gasteiger partial charge in [0.05, 0.1) is 11.5 Å². The van der Waals surface area contributed by atoms with Crippen LogP contribution in [-0.4, -0.2) is 17.4 Å². The van der Waals surface area contributed by atoms with Crippen LogP contribution in [-0.2, 0) is 4.79 Å². The number of hydrogen-bond acceptors (Lipinski definition) is 4. The summed E-state index contributed by atoms with van der Waals surface area (Å²) in [6, 6.07) is 10.2. The maximum atomic E-state index is 13.0. The van der Waals surface area contributed by atoms with Crippen molar-refractivity contribution in [3.8, 4) is 0 Å². The van der Waals surface area contributed by atoms with Gasteiger partial charge in [-0.25, -0.2) is 4.39 Å². The molecule has 22 heavy (non-hydrogen) atoms. The fourth-order valence-corrected chi connectivity index (χ4v) is 1.87. The van der Waals surface area contributed by atoms with Gasteiger partial charge in [-0.3, -0.25) is 14.9 Å². The summed E-state index contributed by atoms with van der Waals surface area (Å²) < 4.78 is 13.0. The van der Waals surface area contributed by atoms with E-state index in [1.807, 2.05) is 0 Å². The Hall–Kier alpha value is -2.96. The van der Waals surface area contributed by atoms with E-state index in [1.54, 1.807) is 19.1 Å². The number of nitro groups is 1. The molecule has 0 radical (unpaired) electrons. The lowest BCUT2D eigenvalue weighted by molar-refractivity contribution is -0.384. The number of nitrogens with zero attached hydrogens (tertiary/aromatic N) is 1. The third kappa shape index (κ3) is 4.02. The first-order valence-corrected chi connectivity index (χ1v) is 6.50. The van der Waals surface area contributed by atoms with E-state index < -0.39 is 16.6 Å². The van der Waals surface area contributed by atoms with Crippen molar-refractivity contribution in [2.24, 2.45) is 0 Å². The van der Waals surface area contributed by atoms with Gasteiger partial charge in [-0.05, 0) is 36.8 Å². The van der Waals surface area contributed by atoms with Crippen LogP contribution in [0.25, 0.3) is 0 Å². The summed E-state index contributed by atoms with van der Waals surface area (Å²) >= 11 is 0. The number of anilines is 2. The minimum atomic E-state index is -0.553. The molecule has 0 aliphatic carbocycles. The lowest BCUT2D eigenvalue weighted by Crippen LogP contribution is -2.22. The van der Waals surface area contributed by atoms with Gasteiger partial charge in [-0.2, -0.15) is 0 Å². The van der Waals surface area contributed by atoms with Crippen molar-refractivity contribution < 1.29 is 14.1 Å². The average molecular weight is 303 g/mol. The van der Waals surface area contributed by atoms with Crippen LogP contribution >= 0.6 is 0 Å². The van der Waals surface area contributed by atoms with Crippen LogP contribution in [0.15, 0.2) is 42.5 Å². The maximum Gasteiger partial charge on any atom is 0.293 e. The highest BCUT2D eigenvalue weighted by Crippen LogP contribution is 2.25. The van der Waals surface area contributed by atoms with E-state index in [4.69, 9.17) is 0 Å². The molecule has 0 saturated carbocycles. The zero-order valence-corrected chi connectivity index (χ0v) is 11.8. The summed E-state index contributed by atoms with van der Waals surface area (Å²) in [6.07, 6.45) is 0. The molecule has 0 saturated heterocycles. The lowest BCUT2D eigenvalue weighted by atomic mass is 10.2. The van der Waals surface area contributed by atoms with E-state index >= 15 is 0 Å². The van der Waals surface area contributed by atoms with Gasteiger partial charge in [0, 0.05) is 11.8 Å². The Morgan fingerprint density at radius 3 is 2.73 bits per heavy atom. The molecule has 2 rings (SSSR count). The van der Waals surface area contributed by atoms with Crippen molar-refractivity contribution in [2.45, 2.75) is 6.92 Å². The van der Waals surface area contributed by atoms with Crippen LogP contribution < -0.4 is 10.6 Å². The molecule has 0 atom stereocenters. The predicted octanol–water partition coefficient (Wildman–Crippen LogP) is 3.09. The van der Waals surface area contributed by atoms with Gasteiger partial charge in [-0.1, -0.05) is 12.1 Å². The van der Waals surface area contributed by atoms with Crippen LogP contribution in [0.1, 0.15) is 5.56 Å². The third-order valence-corrected chi connectivity index (χ3v) is 2.90. The van der Waals surface area contributed by atoms with Crippen molar-refractivity contribution in [1.29, 1.82) is 0 Å². The summed E-state index contributed by atoms with van der Waals surface area (Å²) in [7, 11) is 0. The summed E-state index contributed by atoms with van der Waals surface area (Å²) in [5.41, 5.74) is 1.14. The second-order valence-electron chi connectivity index (χ2n) is 4.69. The number of halogens is 1. The minimum absolute atomic E-state index is 0.127. The number of rotatable bonds is 5. The fraction of sp³-hybridized carbons (Fsp3) is 0.133. The molecule has 6 nitrogen and oxygen atoms in total. The molecule has 0 spiro atoms. The number of carbonyl (C=O) groups is 1. The van der Waals surface area contributed by atoms with Crippen molar-refractivity contribution in [3.05, 3.63) is 64.0 Å². The standard InChI is InChI=1S/C15H14FN3O3/c1-10-5-6-13(14(7-10)19(21)22)18-15(20)9-17-12-4-2-3-11(16)8-12/h2-8,17H,9H2,1H3,(H,18,20). The molecule has 2 aromatic carbocycles. The van der Waals surface area contributed by atoms with Crippen LogP contribution in [0.4, 0.5) is 21.5 Å². The first-order chi connectivity index (χ1) is 10.5. The molecule has 0 unspecified atom stereocenters. The minimum Gasteiger partial charge on any atom is -0.376 e. The largest absolute Gasteiger partial charge is 0.376 e. The quantitative estimate of drug-likeness (QED) is 0.656. The SMILES string of the molecule is Cc1ccc(NC(=O)CNc2cccc(F)c2)c([N+](=O)[O-])c1. The lowest BCUT2D eigenvalue weighted by Gasteiger charge is -2.08. The zero-order chi connectivity index (χ0) is 16.1. The van der Waals surface area contributed by atoms with Crippen molar-refractivity contribution in [3.63, 3.8) is 0 Å². The van der Waals surface area contributed by atoms with Crippen LogP contribution in [0.2, 0.25) is 0 Å². The second-order valence-corrected chi connectivity index (χ2v) is 4.69. The number of benzene rings is 2. The zero-order valence-electron chi connectivity index (χ0n) is 11.8. The first kappa shape index (κ1) is 15.4. The van der Waals surface area contributed by atoms with Crippen molar-refractivity contribution in [2.75, 3.05) is 17.2 Å². The van der Waals surface area contributed by atoms with E-state index in [9.17, 15) is 19.3 Å². The molecular formula is C15H14FN3O3. The monoisotopic (exact) mass is 303 g/mol. The fourth-order valence-electron chi connectivity index (χ4n) is 1.87. The maximum absolute atomic E-state index is 13.0. The van der Waals surface area contributed by atoms with Crippen LogP contribution in [0.3, 0.4) is 0 Å². The van der Waals surface area contributed by atoms with Crippen LogP contribution in [0, 0.1) is 22.9 Å². The van der Waals surface area contributed by atoms with E-state index in [0.29, 0.717) is 5.69 Å². The summed E-state index contributed by atoms with van der Waals surface area (Å²) in [5, 5.41) is 16.2. The van der Waals surface area contributed by atoms with Gasteiger partial charge in [0.1, 0.15) is 11.5 Å². The van der Waals surface area contributed by atoms with Gasteiger partial charge in [-0.15, -0.1) is 0 Å². The Morgan fingerprint density at radius 1 is 1.27 bits per heavy atom. The molecule has 7 heteroatoms. The molecule has 0 fully saturated rings. The number of hydrogen-bond donors (Lipinski definition) is 2. The normalized spacial score (nSPS) is 10.1. The highest BCUT2D eigenvalue weighted by Gasteiger charge is 2.15. The van der Waals surface area contributed by atoms with Crippen molar-refractivity contribution in [1.82, 2.24) is 0 Å². The molecule has 1 amide bonds. The van der Waals surface area contributed by atoms with E-state index in [1.165, 1.54) is 30.3 Å². The molecule has 0 heterocycles. The molecule has 0 bridgehead atoms. The number of nitro benzene ring substituents is 1. The average Bonchev–Trinajstić information content (AvgIpc) is 2.47. The van der Waals surface area contributed by atoms with Gasteiger partial charge >= 0.3 is 0 Å². The van der Waals surface area contributed by atoms with E-state index in [-0.39, 0.29) is 17.9 Å². The summed E-state index contributed by atoms with van der Waals surface area (Å²) in [4.78, 5) is 22.3. The summed E-state index contributed by atoms with van der Waals surface area (Å²) in [5.74, 6) is -0.879. The number of amides is 1.